The second-order valence-corrected chi connectivity index (χ2v) is 9.64. The monoisotopic (exact) mass is 479 g/mol. The zero-order valence-corrected chi connectivity index (χ0v) is 20.4. The van der Waals surface area contributed by atoms with Crippen molar-refractivity contribution in [1.29, 1.82) is 0 Å². The van der Waals surface area contributed by atoms with Crippen molar-refractivity contribution in [3.05, 3.63) is 26.9 Å². The Labute approximate surface area is 193 Å². The Balaban J connectivity index is 1.62. The zero-order chi connectivity index (χ0) is 22.4. The predicted molar refractivity (Wildman–Crippen MR) is 125 cm³/mol. The molecule has 0 spiro atoms. The van der Waals surface area contributed by atoms with Gasteiger partial charge in [-0.15, -0.1) is 32.9 Å². The molecule has 1 N–H and O–H groups in total. The number of amides is 1. The Hall–Kier alpha value is -2.24. The molecule has 1 amide bonds. The summed E-state index contributed by atoms with van der Waals surface area (Å²) < 4.78 is 6.99. The van der Waals surface area contributed by atoms with E-state index < -0.39 is 0 Å². The van der Waals surface area contributed by atoms with Crippen molar-refractivity contribution in [2.24, 2.45) is 0 Å². The maximum absolute atomic E-state index is 12.4. The molecule has 8 nitrogen and oxygen atoms in total. The Morgan fingerprint density at radius 3 is 2.68 bits per heavy atom. The van der Waals surface area contributed by atoms with Crippen molar-refractivity contribution in [2.75, 3.05) is 17.7 Å². The van der Waals surface area contributed by atoms with Gasteiger partial charge in [0.2, 0.25) is 5.91 Å². The maximum atomic E-state index is 12.4. The van der Waals surface area contributed by atoms with Crippen molar-refractivity contribution in [3.8, 4) is 11.4 Å². The number of thiophene rings is 1. The van der Waals surface area contributed by atoms with E-state index in [0.29, 0.717) is 17.4 Å². The number of aryl methyl sites for hydroxylation is 1. The van der Waals surface area contributed by atoms with Crippen LogP contribution in [0.4, 0.5) is 5.13 Å². The standard InChI is InChI=1S/C20H25N5O3S3/c1-5-7-25-18(15-10-29-13(4)12(15)3)23-24-20(25)31-11-16(26)22-19-21-14(9-30-19)8-17(27)28-6-2/h9-10H,5-8,11H2,1-4H3,(H,21,22,26). The van der Waals surface area contributed by atoms with Crippen LogP contribution in [0.15, 0.2) is 15.9 Å². The highest BCUT2D eigenvalue weighted by Crippen LogP contribution is 2.31. The van der Waals surface area contributed by atoms with Crippen LogP contribution in [-0.4, -0.2) is 44.0 Å². The second-order valence-electron chi connectivity index (χ2n) is 6.75. The summed E-state index contributed by atoms with van der Waals surface area (Å²) in [5, 5.41) is 16.5. The lowest BCUT2D eigenvalue weighted by molar-refractivity contribution is -0.142. The highest BCUT2D eigenvalue weighted by molar-refractivity contribution is 7.99. The smallest absolute Gasteiger partial charge is 0.311 e. The number of carbonyl (C=O) groups is 2. The normalized spacial score (nSPS) is 11.0. The number of ether oxygens (including phenoxy) is 1. The van der Waals surface area contributed by atoms with Gasteiger partial charge in [0.15, 0.2) is 16.1 Å². The van der Waals surface area contributed by atoms with Crippen LogP contribution in [0, 0.1) is 13.8 Å². The summed E-state index contributed by atoms with van der Waals surface area (Å²) >= 11 is 4.34. The maximum Gasteiger partial charge on any atom is 0.311 e. The summed E-state index contributed by atoms with van der Waals surface area (Å²) in [7, 11) is 0. The van der Waals surface area contributed by atoms with Gasteiger partial charge in [0.1, 0.15) is 0 Å². The number of nitrogens with zero attached hydrogens (tertiary/aromatic N) is 4. The minimum atomic E-state index is -0.330. The van der Waals surface area contributed by atoms with Gasteiger partial charge < -0.3 is 14.6 Å². The van der Waals surface area contributed by atoms with Crippen molar-refractivity contribution in [1.82, 2.24) is 19.7 Å². The number of thioether (sulfide) groups is 1. The van der Waals surface area contributed by atoms with Crippen LogP contribution >= 0.6 is 34.4 Å². The lowest BCUT2D eigenvalue weighted by atomic mass is 10.1. The van der Waals surface area contributed by atoms with Gasteiger partial charge in [-0.25, -0.2) is 4.98 Å². The number of hydrogen-bond acceptors (Lipinski definition) is 9. The van der Waals surface area contributed by atoms with Crippen LogP contribution in [0.3, 0.4) is 0 Å². The minimum Gasteiger partial charge on any atom is -0.466 e. The summed E-state index contributed by atoms with van der Waals surface area (Å²) in [6.45, 7) is 9.17. The predicted octanol–water partition coefficient (Wildman–Crippen LogP) is 4.33. The molecular formula is C20H25N5O3S3. The quantitative estimate of drug-likeness (QED) is 0.341. The summed E-state index contributed by atoms with van der Waals surface area (Å²) in [5.41, 5.74) is 2.89. The number of anilines is 1. The first-order valence-corrected chi connectivity index (χ1v) is 12.7. The Bertz CT molecular complexity index is 1060. The van der Waals surface area contributed by atoms with E-state index in [1.54, 1.807) is 23.6 Å². The summed E-state index contributed by atoms with van der Waals surface area (Å²) in [5.74, 6) is 0.520. The average Bonchev–Trinajstić information content (AvgIpc) is 3.42. The molecule has 0 saturated heterocycles. The van der Waals surface area contributed by atoms with Crippen LogP contribution in [-0.2, 0) is 27.3 Å². The molecule has 0 unspecified atom stereocenters. The van der Waals surface area contributed by atoms with E-state index in [1.165, 1.54) is 33.5 Å². The largest absolute Gasteiger partial charge is 0.466 e. The third-order valence-corrected chi connectivity index (χ3v) is 7.24. The fourth-order valence-corrected chi connectivity index (χ4v) is 5.20. The molecule has 0 aromatic carbocycles. The molecule has 3 aromatic heterocycles. The Morgan fingerprint density at radius 2 is 2.00 bits per heavy atom. The molecule has 3 heterocycles. The van der Waals surface area contributed by atoms with E-state index in [2.05, 4.69) is 51.2 Å². The number of aromatic nitrogens is 4. The topological polar surface area (TPSA) is 99.0 Å². The van der Waals surface area contributed by atoms with Crippen LogP contribution < -0.4 is 5.32 Å². The van der Waals surface area contributed by atoms with Crippen molar-refractivity contribution in [2.45, 2.75) is 52.2 Å². The number of carbonyl (C=O) groups excluding carboxylic acids is 2. The lowest BCUT2D eigenvalue weighted by Crippen LogP contribution is -2.15. The van der Waals surface area contributed by atoms with Gasteiger partial charge >= 0.3 is 5.97 Å². The second kappa shape index (κ2) is 10.9. The molecule has 0 aliphatic heterocycles. The fraction of sp³-hybridized carbons (Fsp3) is 0.450. The number of esters is 1. The third-order valence-electron chi connectivity index (χ3n) is 4.45. The Morgan fingerprint density at radius 1 is 1.19 bits per heavy atom. The summed E-state index contributed by atoms with van der Waals surface area (Å²) in [6, 6.07) is 0. The van der Waals surface area contributed by atoms with E-state index in [0.717, 1.165) is 29.5 Å². The summed E-state index contributed by atoms with van der Waals surface area (Å²) in [6.07, 6.45) is 1.04. The highest BCUT2D eigenvalue weighted by atomic mass is 32.2. The third kappa shape index (κ3) is 5.92. The number of nitrogens with one attached hydrogen (secondary N) is 1. The molecule has 3 rings (SSSR count). The highest BCUT2D eigenvalue weighted by Gasteiger charge is 2.18. The molecular weight excluding hydrogens is 454 g/mol. The molecule has 0 atom stereocenters. The molecule has 0 radical (unpaired) electrons. The molecule has 11 heteroatoms. The first-order chi connectivity index (χ1) is 14.9. The van der Waals surface area contributed by atoms with Gasteiger partial charge in [-0.1, -0.05) is 18.7 Å². The SMILES string of the molecule is CCCn1c(SCC(=O)Nc2nc(CC(=O)OCC)cs2)nnc1-c1csc(C)c1C. The van der Waals surface area contributed by atoms with Crippen molar-refractivity contribution >= 4 is 51.4 Å². The molecule has 3 aromatic rings. The Kier molecular flexibility index (Phi) is 8.22. The van der Waals surface area contributed by atoms with Gasteiger partial charge in [-0.05, 0) is 32.8 Å². The van der Waals surface area contributed by atoms with Gasteiger partial charge in [-0.2, -0.15) is 0 Å². The molecule has 0 aliphatic rings. The van der Waals surface area contributed by atoms with E-state index in [9.17, 15) is 9.59 Å². The average molecular weight is 480 g/mol. The number of hydrogen-bond donors (Lipinski definition) is 1. The number of thiazole rings is 1. The molecule has 0 aliphatic carbocycles. The van der Waals surface area contributed by atoms with E-state index in [-0.39, 0.29) is 24.1 Å². The van der Waals surface area contributed by atoms with Crippen LogP contribution in [0.25, 0.3) is 11.4 Å². The van der Waals surface area contributed by atoms with Gasteiger partial charge in [-0.3, -0.25) is 9.59 Å². The first kappa shape index (κ1) is 23.4. The number of rotatable bonds is 10. The minimum absolute atomic E-state index is 0.0966. The fourth-order valence-electron chi connectivity index (χ4n) is 2.84. The molecule has 31 heavy (non-hydrogen) atoms. The van der Waals surface area contributed by atoms with Gasteiger partial charge in [0.25, 0.3) is 0 Å². The lowest BCUT2D eigenvalue weighted by Gasteiger charge is -2.08. The van der Waals surface area contributed by atoms with Crippen LogP contribution in [0.2, 0.25) is 0 Å². The molecule has 166 valence electrons. The van der Waals surface area contributed by atoms with E-state index in [4.69, 9.17) is 4.74 Å². The first-order valence-electron chi connectivity index (χ1n) is 9.93. The molecule has 0 fully saturated rings. The van der Waals surface area contributed by atoms with Gasteiger partial charge in [0.05, 0.1) is 24.5 Å². The van der Waals surface area contributed by atoms with Crippen molar-refractivity contribution in [3.63, 3.8) is 0 Å². The molecule has 0 bridgehead atoms. The zero-order valence-electron chi connectivity index (χ0n) is 17.9. The van der Waals surface area contributed by atoms with Crippen LogP contribution in [0.5, 0.6) is 0 Å². The van der Waals surface area contributed by atoms with Crippen LogP contribution in [0.1, 0.15) is 36.4 Å². The summed E-state index contributed by atoms with van der Waals surface area (Å²) in [4.78, 5) is 29.5. The van der Waals surface area contributed by atoms with E-state index in [1.807, 2.05) is 0 Å². The van der Waals surface area contributed by atoms with E-state index >= 15 is 0 Å². The van der Waals surface area contributed by atoms with Gasteiger partial charge in [0, 0.05) is 27.7 Å². The molecule has 0 saturated carbocycles. The van der Waals surface area contributed by atoms with Crippen molar-refractivity contribution < 1.29 is 14.3 Å².